The first-order valence-corrected chi connectivity index (χ1v) is 7.37. The summed E-state index contributed by atoms with van der Waals surface area (Å²) in [7, 11) is 0. The zero-order valence-corrected chi connectivity index (χ0v) is 12.3. The van der Waals surface area contributed by atoms with Gasteiger partial charge in [-0.15, -0.1) is 11.3 Å². The predicted molar refractivity (Wildman–Crippen MR) is 81.1 cm³/mol. The summed E-state index contributed by atoms with van der Waals surface area (Å²) in [6.07, 6.45) is 0. The average Bonchev–Trinajstić information content (AvgIpc) is 2.96. The molecule has 0 spiro atoms. The highest BCUT2D eigenvalue weighted by Crippen LogP contribution is 2.30. The fraction of sp³-hybridized carbons (Fsp3) is 0.267. The van der Waals surface area contributed by atoms with Gasteiger partial charge in [-0.1, -0.05) is 6.07 Å². The number of carbonyl (C=O) groups is 1. The molecular formula is C15H17NO3S. The Morgan fingerprint density at radius 3 is 2.65 bits per heavy atom. The van der Waals surface area contributed by atoms with Crippen LogP contribution in [-0.4, -0.2) is 19.1 Å². The molecule has 20 heavy (non-hydrogen) atoms. The number of thiophene rings is 1. The van der Waals surface area contributed by atoms with Crippen molar-refractivity contribution in [3.8, 4) is 11.5 Å². The number of benzene rings is 1. The van der Waals surface area contributed by atoms with Gasteiger partial charge >= 0.3 is 0 Å². The molecule has 106 valence electrons. The lowest BCUT2D eigenvalue weighted by molar-refractivity contribution is 0.103. The van der Waals surface area contributed by atoms with Gasteiger partial charge in [0, 0.05) is 6.07 Å². The minimum atomic E-state index is -0.144. The highest BCUT2D eigenvalue weighted by atomic mass is 32.1. The number of ether oxygens (including phenoxy) is 2. The van der Waals surface area contributed by atoms with E-state index < -0.39 is 0 Å². The van der Waals surface area contributed by atoms with E-state index in [9.17, 15) is 4.79 Å². The Balaban J connectivity index is 2.22. The molecule has 0 saturated heterocycles. The molecule has 0 saturated carbocycles. The van der Waals surface area contributed by atoms with E-state index in [0.29, 0.717) is 35.3 Å². The summed E-state index contributed by atoms with van der Waals surface area (Å²) in [5, 5.41) is 4.73. The van der Waals surface area contributed by atoms with Crippen LogP contribution in [0.3, 0.4) is 0 Å². The van der Waals surface area contributed by atoms with Gasteiger partial charge in [-0.25, -0.2) is 0 Å². The number of hydrogen-bond donors (Lipinski definition) is 1. The van der Waals surface area contributed by atoms with Crippen molar-refractivity contribution in [1.82, 2.24) is 0 Å². The second-order valence-electron chi connectivity index (χ2n) is 3.96. The largest absolute Gasteiger partial charge is 0.494 e. The van der Waals surface area contributed by atoms with E-state index >= 15 is 0 Å². The monoisotopic (exact) mass is 291 g/mol. The third kappa shape index (κ3) is 3.51. The lowest BCUT2D eigenvalue weighted by Crippen LogP contribution is -2.11. The predicted octanol–water partition coefficient (Wildman–Crippen LogP) is 3.80. The number of carbonyl (C=O) groups excluding carboxylic acids is 1. The van der Waals surface area contributed by atoms with Gasteiger partial charge in [-0.3, -0.25) is 4.79 Å². The number of nitrogens with one attached hydrogen (secondary N) is 1. The maximum absolute atomic E-state index is 12.1. The minimum absolute atomic E-state index is 0.144. The molecule has 4 nitrogen and oxygen atoms in total. The molecule has 5 heteroatoms. The smallest absolute Gasteiger partial charge is 0.265 e. The molecule has 0 radical (unpaired) electrons. The molecule has 0 fully saturated rings. The molecule has 1 amide bonds. The molecular weight excluding hydrogens is 274 g/mol. The summed E-state index contributed by atoms with van der Waals surface area (Å²) in [5.74, 6) is 1.20. The summed E-state index contributed by atoms with van der Waals surface area (Å²) in [6, 6.07) is 9.04. The second-order valence-corrected chi connectivity index (χ2v) is 4.90. The molecule has 0 unspecified atom stereocenters. The highest BCUT2D eigenvalue weighted by Gasteiger charge is 2.12. The van der Waals surface area contributed by atoms with E-state index in [1.165, 1.54) is 11.3 Å². The van der Waals surface area contributed by atoms with E-state index in [-0.39, 0.29) is 5.91 Å². The molecule has 0 aliphatic heterocycles. The van der Waals surface area contributed by atoms with Crippen molar-refractivity contribution in [3.05, 3.63) is 40.6 Å². The Kier molecular flexibility index (Phi) is 5.01. The van der Waals surface area contributed by atoms with Crippen molar-refractivity contribution in [1.29, 1.82) is 0 Å². The van der Waals surface area contributed by atoms with Crippen LogP contribution in [0.5, 0.6) is 11.5 Å². The molecule has 2 rings (SSSR count). The van der Waals surface area contributed by atoms with E-state index in [1.807, 2.05) is 31.4 Å². The van der Waals surface area contributed by atoms with Gasteiger partial charge in [0.2, 0.25) is 0 Å². The van der Waals surface area contributed by atoms with Crippen LogP contribution in [0.1, 0.15) is 23.5 Å². The normalized spacial score (nSPS) is 10.1. The van der Waals surface area contributed by atoms with E-state index in [1.54, 1.807) is 18.2 Å². The number of rotatable bonds is 6. The van der Waals surface area contributed by atoms with Gasteiger partial charge in [0.25, 0.3) is 5.91 Å². The van der Waals surface area contributed by atoms with Gasteiger partial charge in [0.15, 0.2) is 0 Å². The first-order chi connectivity index (χ1) is 9.74. The van der Waals surface area contributed by atoms with Crippen LogP contribution in [-0.2, 0) is 0 Å². The Labute approximate surface area is 122 Å². The maximum atomic E-state index is 12.1. The van der Waals surface area contributed by atoms with Crippen LogP contribution < -0.4 is 14.8 Å². The molecule has 1 heterocycles. The van der Waals surface area contributed by atoms with Crippen LogP contribution in [0.15, 0.2) is 35.7 Å². The average molecular weight is 291 g/mol. The van der Waals surface area contributed by atoms with Crippen molar-refractivity contribution in [2.75, 3.05) is 18.5 Å². The Bertz CT molecular complexity index is 567. The zero-order chi connectivity index (χ0) is 14.4. The van der Waals surface area contributed by atoms with Crippen molar-refractivity contribution in [3.63, 3.8) is 0 Å². The highest BCUT2D eigenvalue weighted by molar-refractivity contribution is 7.12. The van der Waals surface area contributed by atoms with Gasteiger partial charge in [-0.2, -0.15) is 0 Å². The first-order valence-electron chi connectivity index (χ1n) is 6.49. The second kappa shape index (κ2) is 6.96. The van der Waals surface area contributed by atoms with E-state index in [0.717, 1.165) is 0 Å². The first kappa shape index (κ1) is 14.4. The van der Waals surface area contributed by atoms with Crippen molar-refractivity contribution in [2.24, 2.45) is 0 Å². The van der Waals surface area contributed by atoms with E-state index in [2.05, 4.69) is 5.32 Å². The number of amides is 1. The van der Waals surface area contributed by atoms with Crippen molar-refractivity contribution < 1.29 is 14.3 Å². The SMILES string of the molecule is CCOc1ccc(OCC)c(NC(=O)c2cccs2)c1. The van der Waals surface area contributed by atoms with Crippen molar-refractivity contribution >= 4 is 22.9 Å². The molecule has 0 aliphatic carbocycles. The Morgan fingerprint density at radius 2 is 2.00 bits per heavy atom. The van der Waals surface area contributed by atoms with Crippen LogP contribution in [0.2, 0.25) is 0 Å². The molecule has 0 aliphatic rings. The molecule has 1 aromatic carbocycles. The molecule has 0 bridgehead atoms. The fourth-order valence-corrected chi connectivity index (χ4v) is 2.36. The summed E-state index contributed by atoms with van der Waals surface area (Å²) >= 11 is 1.40. The Morgan fingerprint density at radius 1 is 1.20 bits per heavy atom. The van der Waals surface area contributed by atoms with Gasteiger partial charge in [-0.05, 0) is 37.4 Å². The van der Waals surface area contributed by atoms with Crippen LogP contribution in [0, 0.1) is 0 Å². The fourth-order valence-electron chi connectivity index (χ4n) is 1.74. The topological polar surface area (TPSA) is 47.6 Å². The van der Waals surface area contributed by atoms with Crippen molar-refractivity contribution in [2.45, 2.75) is 13.8 Å². The zero-order valence-electron chi connectivity index (χ0n) is 11.5. The number of hydrogen-bond acceptors (Lipinski definition) is 4. The third-order valence-electron chi connectivity index (χ3n) is 2.56. The maximum Gasteiger partial charge on any atom is 0.265 e. The molecule has 2 aromatic rings. The lowest BCUT2D eigenvalue weighted by Gasteiger charge is -2.13. The van der Waals surface area contributed by atoms with Gasteiger partial charge in [0.05, 0.1) is 23.8 Å². The summed E-state index contributed by atoms with van der Waals surface area (Å²) in [6.45, 7) is 4.93. The summed E-state index contributed by atoms with van der Waals surface area (Å²) < 4.78 is 11.0. The molecule has 1 aromatic heterocycles. The quantitative estimate of drug-likeness (QED) is 0.880. The van der Waals surface area contributed by atoms with Gasteiger partial charge < -0.3 is 14.8 Å². The molecule has 0 atom stereocenters. The van der Waals surface area contributed by atoms with Gasteiger partial charge in [0.1, 0.15) is 11.5 Å². The summed E-state index contributed by atoms with van der Waals surface area (Å²) in [4.78, 5) is 12.8. The van der Waals surface area contributed by atoms with Crippen LogP contribution in [0.4, 0.5) is 5.69 Å². The lowest BCUT2D eigenvalue weighted by atomic mass is 10.2. The summed E-state index contributed by atoms with van der Waals surface area (Å²) in [5.41, 5.74) is 0.621. The minimum Gasteiger partial charge on any atom is -0.494 e. The number of anilines is 1. The Hall–Kier alpha value is -2.01. The van der Waals surface area contributed by atoms with Crippen LogP contribution in [0.25, 0.3) is 0 Å². The van der Waals surface area contributed by atoms with Crippen LogP contribution >= 0.6 is 11.3 Å². The standard InChI is InChI=1S/C15H17NO3S/c1-3-18-11-7-8-13(19-4-2)12(10-11)16-15(17)14-6-5-9-20-14/h5-10H,3-4H2,1-2H3,(H,16,17). The molecule has 1 N–H and O–H groups in total. The third-order valence-corrected chi connectivity index (χ3v) is 3.42. The van der Waals surface area contributed by atoms with E-state index in [4.69, 9.17) is 9.47 Å².